The summed E-state index contributed by atoms with van der Waals surface area (Å²) in [6.45, 7) is 3.93. The van der Waals surface area contributed by atoms with E-state index in [4.69, 9.17) is 16.3 Å². The van der Waals surface area contributed by atoms with Crippen LogP contribution in [0.25, 0.3) is 0 Å². The molecule has 2 rings (SSSR count). The number of rotatable bonds is 4. The Morgan fingerprint density at radius 1 is 1.37 bits per heavy atom. The van der Waals surface area contributed by atoms with Gasteiger partial charge in [-0.15, -0.1) is 11.3 Å². The smallest absolute Gasteiger partial charge is 0.201 e. The third-order valence-corrected chi connectivity index (χ3v) is 4.35. The molecule has 1 aromatic heterocycles. The van der Waals surface area contributed by atoms with Gasteiger partial charge in [-0.3, -0.25) is 4.79 Å². The van der Waals surface area contributed by atoms with E-state index < -0.39 is 0 Å². The molecular weight excluding hydrogens is 348 g/mol. The van der Waals surface area contributed by atoms with Crippen LogP contribution in [-0.4, -0.2) is 12.4 Å². The van der Waals surface area contributed by atoms with Crippen molar-refractivity contribution in [1.29, 1.82) is 0 Å². The Labute approximate surface area is 129 Å². The molecule has 0 aliphatic carbocycles. The van der Waals surface area contributed by atoms with Crippen molar-refractivity contribution < 1.29 is 9.53 Å². The number of halogens is 2. The van der Waals surface area contributed by atoms with Crippen LogP contribution >= 0.6 is 38.9 Å². The van der Waals surface area contributed by atoms with Crippen molar-refractivity contribution in [3.05, 3.63) is 49.1 Å². The van der Waals surface area contributed by atoms with E-state index in [0.717, 1.165) is 19.8 Å². The minimum absolute atomic E-state index is 0.00162. The van der Waals surface area contributed by atoms with Crippen LogP contribution in [0.3, 0.4) is 0 Å². The first kappa shape index (κ1) is 14.6. The second-order valence-electron chi connectivity index (χ2n) is 4.11. The largest absolute Gasteiger partial charge is 0.484 e. The first-order valence-corrected chi connectivity index (χ1v) is 7.64. The number of carbonyl (C=O) groups excluding carboxylic acids is 1. The van der Waals surface area contributed by atoms with E-state index in [1.54, 1.807) is 23.5 Å². The second kappa shape index (κ2) is 6.07. The van der Waals surface area contributed by atoms with E-state index in [0.29, 0.717) is 10.8 Å². The van der Waals surface area contributed by atoms with Gasteiger partial charge in [-0.2, -0.15) is 0 Å². The molecule has 1 aromatic carbocycles. The van der Waals surface area contributed by atoms with Gasteiger partial charge < -0.3 is 4.74 Å². The SMILES string of the molecule is Cc1cc(C(=O)COc2ccc(Br)cc2Cl)c(C)s1. The molecule has 0 amide bonds. The third kappa shape index (κ3) is 3.59. The average molecular weight is 360 g/mol. The van der Waals surface area contributed by atoms with Crippen molar-refractivity contribution in [3.63, 3.8) is 0 Å². The first-order chi connectivity index (χ1) is 8.97. The number of aryl methyl sites for hydroxylation is 2. The molecule has 0 N–H and O–H groups in total. The number of hydrogen-bond donors (Lipinski definition) is 0. The molecule has 0 aliphatic heterocycles. The molecule has 19 heavy (non-hydrogen) atoms. The fourth-order valence-corrected chi connectivity index (χ4v) is 3.39. The Morgan fingerprint density at radius 3 is 2.68 bits per heavy atom. The maximum atomic E-state index is 12.1. The van der Waals surface area contributed by atoms with Gasteiger partial charge in [0.1, 0.15) is 5.75 Å². The number of hydrogen-bond acceptors (Lipinski definition) is 3. The zero-order valence-electron chi connectivity index (χ0n) is 10.5. The van der Waals surface area contributed by atoms with Gasteiger partial charge in [0.15, 0.2) is 6.61 Å². The molecule has 2 nitrogen and oxygen atoms in total. The normalized spacial score (nSPS) is 10.5. The third-order valence-electron chi connectivity index (χ3n) is 2.59. The van der Waals surface area contributed by atoms with Gasteiger partial charge in [-0.25, -0.2) is 0 Å². The van der Waals surface area contributed by atoms with Crippen LogP contribution in [0, 0.1) is 13.8 Å². The Bertz CT molecular complexity index is 622. The topological polar surface area (TPSA) is 26.3 Å². The lowest BCUT2D eigenvalue weighted by Crippen LogP contribution is -2.11. The predicted octanol–water partition coefficient (Wildman–Crippen LogP) is 5.04. The highest BCUT2D eigenvalue weighted by atomic mass is 79.9. The van der Waals surface area contributed by atoms with Gasteiger partial charge in [0.05, 0.1) is 5.02 Å². The number of thiophene rings is 1. The average Bonchev–Trinajstić information content (AvgIpc) is 2.67. The van der Waals surface area contributed by atoms with E-state index in [9.17, 15) is 4.79 Å². The summed E-state index contributed by atoms with van der Waals surface area (Å²) >= 11 is 11.0. The maximum Gasteiger partial charge on any atom is 0.201 e. The van der Waals surface area contributed by atoms with Gasteiger partial charge in [-0.05, 0) is 38.1 Å². The molecule has 1 heterocycles. The highest BCUT2D eigenvalue weighted by Crippen LogP contribution is 2.28. The van der Waals surface area contributed by atoms with Crippen molar-refractivity contribution in [3.8, 4) is 5.75 Å². The van der Waals surface area contributed by atoms with Crippen LogP contribution in [-0.2, 0) is 0 Å². The number of carbonyl (C=O) groups is 1. The molecule has 5 heteroatoms. The molecule has 0 atom stereocenters. The minimum Gasteiger partial charge on any atom is -0.484 e. The van der Waals surface area contributed by atoms with Gasteiger partial charge in [-0.1, -0.05) is 27.5 Å². The number of ketones is 1. The fourth-order valence-electron chi connectivity index (χ4n) is 1.72. The monoisotopic (exact) mass is 358 g/mol. The Hall–Kier alpha value is -0.840. The van der Waals surface area contributed by atoms with Crippen molar-refractivity contribution in [1.82, 2.24) is 0 Å². The van der Waals surface area contributed by atoms with Crippen molar-refractivity contribution in [2.24, 2.45) is 0 Å². The highest BCUT2D eigenvalue weighted by Gasteiger charge is 2.13. The number of Topliss-reactive ketones (excluding diaryl/α,β-unsaturated/α-hetero) is 1. The van der Waals surface area contributed by atoms with E-state index in [-0.39, 0.29) is 12.4 Å². The standard InChI is InChI=1S/C14H12BrClO2S/c1-8-5-11(9(2)19-8)13(17)7-18-14-4-3-10(15)6-12(14)16/h3-6H,7H2,1-2H3. The molecule has 0 fully saturated rings. The summed E-state index contributed by atoms with van der Waals surface area (Å²) in [4.78, 5) is 14.2. The highest BCUT2D eigenvalue weighted by molar-refractivity contribution is 9.10. The molecule has 0 unspecified atom stereocenters. The fraction of sp³-hybridized carbons (Fsp3) is 0.214. The molecule has 100 valence electrons. The Kier molecular flexibility index (Phi) is 4.66. The Balaban J connectivity index is 2.06. The minimum atomic E-state index is -0.0270. The molecule has 0 saturated carbocycles. The summed E-state index contributed by atoms with van der Waals surface area (Å²) < 4.78 is 6.35. The first-order valence-electron chi connectivity index (χ1n) is 5.65. The lowest BCUT2D eigenvalue weighted by atomic mass is 10.2. The summed E-state index contributed by atoms with van der Waals surface area (Å²) in [6, 6.07) is 7.20. The zero-order chi connectivity index (χ0) is 14.0. The molecule has 2 aromatic rings. The van der Waals surface area contributed by atoms with Crippen LogP contribution in [0.5, 0.6) is 5.75 Å². The number of ether oxygens (including phenoxy) is 1. The lowest BCUT2D eigenvalue weighted by molar-refractivity contribution is 0.0921. The maximum absolute atomic E-state index is 12.1. The van der Waals surface area contributed by atoms with Crippen LogP contribution < -0.4 is 4.74 Å². The molecule has 0 spiro atoms. The summed E-state index contributed by atoms with van der Waals surface area (Å²) in [5, 5.41) is 0.486. The van der Waals surface area contributed by atoms with E-state index in [1.807, 2.05) is 26.0 Å². The molecule has 0 aliphatic rings. The van der Waals surface area contributed by atoms with Crippen molar-refractivity contribution in [2.45, 2.75) is 13.8 Å². The molecule has 0 radical (unpaired) electrons. The van der Waals surface area contributed by atoms with Crippen LogP contribution in [0.15, 0.2) is 28.7 Å². The van der Waals surface area contributed by atoms with Crippen LogP contribution in [0.2, 0.25) is 5.02 Å². The van der Waals surface area contributed by atoms with Crippen LogP contribution in [0.4, 0.5) is 0 Å². The van der Waals surface area contributed by atoms with Gasteiger partial charge in [0.2, 0.25) is 5.78 Å². The summed E-state index contributed by atoms with van der Waals surface area (Å²) in [7, 11) is 0. The van der Waals surface area contributed by atoms with E-state index in [1.165, 1.54) is 0 Å². The lowest BCUT2D eigenvalue weighted by Gasteiger charge is -2.07. The van der Waals surface area contributed by atoms with Gasteiger partial charge in [0.25, 0.3) is 0 Å². The summed E-state index contributed by atoms with van der Waals surface area (Å²) in [5.41, 5.74) is 0.732. The quantitative estimate of drug-likeness (QED) is 0.715. The number of benzene rings is 1. The zero-order valence-corrected chi connectivity index (χ0v) is 13.7. The van der Waals surface area contributed by atoms with E-state index >= 15 is 0 Å². The molecular formula is C14H12BrClO2S. The van der Waals surface area contributed by atoms with Crippen molar-refractivity contribution >= 4 is 44.7 Å². The van der Waals surface area contributed by atoms with Crippen molar-refractivity contribution in [2.75, 3.05) is 6.61 Å². The second-order valence-corrected chi connectivity index (χ2v) is 6.90. The molecule has 0 bridgehead atoms. The Morgan fingerprint density at radius 2 is 2.11 bits per heavy atom. The summed E-state index contributed by atoms with van der Waals surface area (Å²) in [5.74, 6) is 0.489. The summed E-state index contributed by atoms with van der Waals surface area (Å²) in [6.07, 6.45) is 0. The van der Waals surface area contributed by atoms with E-state index in [2.05, 4.69) is 15.9 Å². The van der Waals surface area contributed by atoms with Gasteiger partial charge >= 0.3 is 0 Å². The molecule has 0 saturated heterocycles. The van der Waals surface area contributed by atoms with Crippen LogP contribution in [0.1, 0.15) is 20.1 Å². The van der Waals surface area contributed by atoms with Gasteiger partial charge in [0, 0.05) is 19.8 Å². The predicted molar refractivity (Wildman–Crippen MR) is 82.8 cm³/mol.